The third-order valence-electron chi connectivity index (χ3n) is 7.54. The van der Waals surface area contributed by atoms with Crippen molar-refractivity contribution in [2.75, 3.05) is 32.8 Å². The van der Waals surface area contributed by atoms with Gasteiger partial charge in [-0.3, -0.25) is 19.3 Å². The van der Waals surface area contributed by atoms with E-state index >= 15 is 0 Å². The Kier molecular flexibility index (Phi) is 7.51. The third-order valence-corrected chi connectivity index (χ3v) is 7.87. The molecule has 2 aromatic rings. The maximum atomic E-state index is 13.8. The first-order chi connectivity index (χ1) is 17.9. The molecule has 3 saturated heterocycles. The summed E-state index contributed by atoms with van der Waals surface area (Å²) in [5.74, 6) is -0.649. The molecule has 3 aliphatic rings. The van der Waals surface area contributed by atoms with Gasteiger partial charge in [0.05, 0.1) is 23.3 Å². The largest absolute Gasteiger partial charge is 0.376 e. The van der Waals surface area contributed by atoms with E-state index in [1.54, 1.807) is 46.2 Å². The second-order valence-electron chi connectivity index (χ2n) is 9.97. The van der Waals surface area contributed by atoms with Gasteiger partial charge in [-0.1, -0.05) is 41.4 Å². The van der Waals surface area contributed by atoms with E-state index in [0.29, 0.717) is 55.2 Å². The number of hydrogen-bond donors (Lipinski definition) is 1. The number of carbonyl (C=O) groups is 3. The Morgan fingerprint density at radius 3 is 2.46 bits per heavy atom. The highest BCUT2D eigenvalue weighted by molar-refractivity contribution is 6.33. The number of carbonyl (C=O) groups excluding carboxylic acids is 3. The van der Waals surface area contributed by atoms with Gasteiger partial charge in [-0.25, -0.2) is 0 Å². The molecule has 3 heterocycles. The Bertz CT molecular complexity index is 1160. The van der Waals surface area contributed by atoms with E-state index in [4.69, 9.17) is 21.1 Å². The summed E-state index contributed by atoms with van der Waals surface area (Å²) in [6.45, 7) is 3.94. The average Bonchev–Trinajstić information content (AvgIpc) is 3.56. The first-order valence-electron chi connectivity index (χ1n) is 12.9. The van der Waals surface area contributed by atoms with E-state index in [9.17, 15) is 14.4 Å². The molecule has 5 rings (SSSR count). The lowest BCUT2D eigenvalue weighted by atomic mass is 9.96. The van der Waals surface area contributed by atoms with Crippen molar-refractivity contribution in [3.63, 3.8) is 0 Å². The molecule has 0 radical (unpaired) electrons. The molecule has 1 N–H and O–H groups in total. The second kappa shape index (κ2) is 10.8. The number of ether oxygens (including phenoxy) is 2. The van der Waals surface area contributed by atoms with Crippen LogP contribution in [0.15, 0.2) is 48.5 Å². The highest BCUT2D eigenvalue weighted by atomic mass is 35.5. The van der Waals surface area contributed by atoms with Gasteiger partial charge in [0.1, 0.15) is 11.8 Å². The van der Waals surface area contributed by atoms with Crippen molar-refractivity contribution in [2.45, 2.75) is 50.5 Å². The Morgan fingerprint density at radius 2 is 1.78 bits per heavy atom. The zero-order valence-corrected chi connectivity index (χ0v) is 21.7. The topological polar surface area (TPSA) is 88.2 Å². The molecular formula is C28H32ClN3O5. The predicted octanol–water partition coefficient (Wildman–Crippen LogP) is 3.42. The molecular weight excluding hydrogens is 494 g/mol. The van der Waals surface area contributed by atoms with Crippen LogP contribution >= 0.6 is 11.6 Å². The Hall–Kier alpha value is -2.94. The Labute approximate surface area is 221 Å². The van der Waals surface area contributed by atoms with E-state index in [0.717, 1.165) is 18.4 Å². The molecule has 0 aliphatic carbocycles. The lowest BCUT2D eigenvalue weighted by Crippen LogP contribution is -2.60. The van der Waals surface area contributed by atoms with E-state index in [-0.39, 0.29) is 30.4 Å². The first kappa shape index (κ1) is 25.7. The minimum absolute atomic E-state index is 0.000503. The summed E-state index contributed by atoms with van der Waals surface area (Å²) < 4.78 is 11.9. The third kappa shape index (κ3) is 5.23. The van der Waals surface area contributed by atoms with Crippen LogP contribution in [0.5, 0.6) is 0 Å². The van der Waals surface area contributed by atoms with Crippen LogP contribution in [-0.2, 0) is 14.3 Å². The number of piperidine rings is 1. The van der Waals surface area contributed by atoms with Gasteiger partial charge >= 0.3 is 0 Å². The summed E-state index contributed by atoms with van der Waals surface area (Å²) in [7, 11) is 0. The van der Waals surface area contributed by atoms with Crippen LogP contribution in [0.3, 0.4) is 0 Å². The molecule has 3 aliphatic heterocycles. The molecule has 3 fully saturated rings. The highest BCUT2D eigenvalue weighted by Gasteiger charge is 2.54. The van der Waals surface area contributed by atoms with Crippen molar-refractivity contribution in [1.29, 1.82) is 0 Å². The number of nitrogens with zero attached hydrogens (tertiary/aromatic N) is 2. The van der Waals surface area contributed by atoms with Gasteiger partial charge in [-0.2, -0.15) is 0 Å². The van der Waals surface area contributed by atoms with Gasteiger partial charge in [-0.05, 0) is 44.0 Å². The summed E-state index contributed by atoms with van der Waals surface area (Å²) in [6, 6.07) is 13.5. The molecule has 0 bridgehead atoms. The molecule has 9 heteroatoms. The fraction of sp³-hybridized carbons (Fsp3) is 0.464. The van der Waals surface area contributed by atoms with Crippen LogP contribution in [-0.4, -0.2) is 78.2 Å². The lowest BCUT2D eigenvalue weighted by molar-refractivity contribution is -0.128. The van der Waals surface area contributed by atoms with E-state index < -0.39 is 11.8 Å². The van der Waals surface area contributed by atoms with E-state index in [1.807, 2.05) is 19.1 Å². The second-order valence-corrected chi connectivity index (χ2v) is 10.4. The molecule has 0 saturated carbocycles. The molecule has 8 nitrogen and oxygen atoms in total. The van der Waals surface area contributed by atoms with E-state index in [2.05, 4.69) is 5.32 Å². The summed E-state index contributed by atoms with van der Waals surface area (Å²) in [4.78, 5) is 43.6. The predicted molar refractivity (Wildman–Crippen MR) is 138 cm³/mol. The number of aryl methyl sites for hydroxylation is 1. The normalized spacial score (nSPS) is 22.9. The number of amides is 3. The minimum atomic E-state index is -0.967. The number of halogens is 1. The van der Waals surface area contributed by atoms with Gasteiger partial charge in [0.2, 0.25) is 5.91 Å². The van der Waals surface area contributed by atoms with Gasteiger partial charge in [0.25, 0.3) is 11.8 Å². The fourth-order valence-electron chi connectivity index (χ4n) is 5.40. The fourth-order valence-corrected chi connectivity index (χ4v) is 5.62. The monoisotopic (exact) mass is 525 g/mol. The molecule has 2 atom stereocenters. The molecule has 196 valence electrons. The number of nitrogens with one attached hydrogen (secondary N) is 1. The molecule has 37 heavy (non-hydrogen) atoms. The summed E-state index contributed by atoms with van der Waals surface area (Å²) in [5.41, 5.74) is 1.03. The summed E-state index contributed by atoms with van der Waals surface area (Å²) in [5, 5.41) is 3.38. The number of benzene rings is 2. The first-order valence-corrected chi connectivity index (χ1v) is 13.2. The summed E-state index contributed by atoms with van der Waals surface area (Å²) >= 11 is 6.25. The van der Waals surface area contributed by atoms with Gasteiger partial charge in [-0.15, -0.1) is 0 Å². The van der Waals surface area contributed by atoms with Crippen LogP contribution < -0.4 is 5.32 Å². The average molecular weight is 526 g/mol. The molecule has 3 amide bonds. The smallest absolute Gasteiger partial charge is 0.256 e. The maximum absolute atomic E-state index is 13.8. The SMILES string of the molecule is Cc1ccc(C(=O)N2C(C(=O)NCC3CCCO3)COC23CCN(C(=O)c2ccccc2Cl)CC3)cc1. The van der Waals surface area contributed by atoms with Crippen molar-refractivity contribution < 1.29 is 23.9 Å². The Balaban J connectivity index is 1.35. The molecule has 2 aromatic carbocycles. The van der Waals surface area contributed by atoms with Crippen LogP contribution in [0, 0.1) is 6.92 Å². The quantitative estimate of drug-likeness (QED) is 0.646. The zero-order chi connectivity index (χ0) is 26.0. The van der Waals surface area contributed by atoms with E-state index in [1.165, 1.54) is 0 Å². The van der Waals surface area contributed by atoms with Crippen LogP contribution in [0.25, 0.3) is 0 Å². The standard InChI is InChI=1S/C28H32ClN3O5/c1-19-8-10-20(11-9-19)26(34)32-24(25(33)30-17-21-5-4-16-36-21)18-37-28(32)12-14-31(15-13-28)27(35)22-6-2-3-7-23(22)29/h2-3,6-11,21,24H,4-5,12-18H2,1H3,(H,30,33). The van der Waals surface area contributed by atoms with Gasteiger partial charge in [0, 0.05) is 44.6 Å². The molecule has 1 spiro atoms. The zero-order valence-electron chi connectivity index (χ0n) is 21.0. The van der Waals surface area contributed by atoms with Crippen molar-refractivity contribution >= 4 is 29.3 Å². The van der Waals surface area contributed by atoms with Gasteiger partial charge < -0.3 is 19.7 Å². The van der Waals surface area contributed by atoms with Crippen molar-refractivity contribution in [2.24, 2.45) is 0 Å². The van der Waals surface area contributed by atoms with Crippen LogP contribution in [0.2, 0.25) is 5.02 Å². The van der Waals surface area contributed by atoms with Gasteiger partial charge in [0.15, 0.2) is 0 Å². The molecule has 0 aromatic heterocycles. The van der Waals surface area contributed by atoms with Crippen LogP contribution in [0.4, 0.5) is 0 Å². The molecule has 2 unspecified atom stereocenters. The van der Waals surface area contributed by atoms with Crippen molar-refractivity contribution in [3.8, 4) is 0 Å². The van der Waals surface area contributed by atoms with Crippen LogP contribution in [0.1, 0.15) is 52.0 Å². The van der Waals surface area contributed by atoms with Crippen molar-refractivity contribution in [1.82, 2.24) is 15.1 Å². The Morgan fingerprint density at radius 1 is 1.05 bits per heavy atom. The number of likely N-dealkylation sites (tertiary alicyclic amines) is 1. The minimum Gasteiger partial charge on any atom is -0.376 e. The lowest BCUT2D eigenvalue weighted by Gasteiger charge is -2.44. The number of hydrogen-bond acceptors (Lipinski definition) is 5. The highest BCUT2D eigenvalue weighted by Crippen LogP contribution is 2.39. The summed E-state index contributed by atoms with van der Waals surface area (Å²) in [6.07, 6.45) is 2.69. The van der Waals surface area contributed by atoms with Crippen molar-refractivity contribution in [3.05, 3.63) is 70.2 Å². The number of rotatable bonds is 5. The maximum Gasteiger partial charge on any atom is 0.256 e.